The zero-order valence-corrected chi connectivity index (χ0v) is 11.8. The van der Waals surface area contributed by atoms with Gasteiger partial charge < -0.3 is 16.4 Å². The molecule has 2 rings (SSSR count). The van der Waals surface area contributed by atoms with Crippen LogP contribution in [0.3, 0.4) is 0 Å². The Morgan fingerprint density at radius 3 is 2.90 bits per heavy atom. The predicted molar refractivity (Wildman–Crippen MR) is 77.1 cm³/mol. The summed E-state index contributed by atoms with van der Waals surface area (Å²) in [6.45, 7) is 1.51. The van der Waals surface area contributed by atoms with Crippen molar-refractivity contribution in [2.45, 2.75) is 18.9 Å². The van der Waals surface area contributed by atoms with Crippen molar-refractivity contribution in [2.75, 3.05) is 13.1 Å². The average Bonchev–Trinajstić information content (AvgIpc) is 2.91. The van der Waals surface area contributed by atoms with Crippen LogP contribution >= 0.6 is 11.6 Å². The second-order valence-electron chi connectivity index (χ2n) is 4.98. The molecule has 1 heterocycles. The molecule has 1 saturated heterocycles. The van der Waals surface area contributed by atoms with Crippen LogP contribution in [0.4, 0.5) is 0 Å². The first kappa shape index (κ1) is 14.8. The Hall–Kier alpha value is -1.59. The zero-order valence-electron chi connectivity index (χ0n) is 11.1. The maximum absolute atomic E-state index is 12.2. The van der Waals surface area contributed by atoms with E-state index in [2.05, 4.69) is 10.6 Å². The van der Waals surface area contributed by atoms with Crippen molar-refractivity contribution in [1.82, 2.24) is 10.6 Å². The van der Waals surface area contributed by atoms with Gasteiger partial charge in [-0.1, -0.05) is 23.7 Å². The van der Waals surface area contributed by atoms with Crippen LogP contribution in [0.5, 0.6) is 0 Å². The number of primary amides is 1. The van der Waals surface area contributed by atoms with Crippen molar-refractivity contribution < 1.29 is 9.59 Å². The molecule has 2 atom stereocenters. The Balaban J connectivity index is 2.10. The molecule has 1 aromatic rings. The lowest BCUT2D eigenvalue weighted by Crippen LogP contribution is -2.36. The van der Waals surface area contributed by atoms with E-state index in [9.17, 15) is 9.59 Å². The van der Waals surface area contributed by atoms with E-state index in [4.69, 9.17) is 17.3 Å². The molecule has 0 aromatic heterocycles. The van der Waals surface area contributed by atoms with Gasteiger partial charge in [0.25, 0.3) is 0 Å². The van der Waals surface area contributed by atoms with Gasteiger partial charge in [-0.3, -0.25) is 9.59 Å². The van der Waals surface area contributed by atoms with Gasteiger partial charge in [-0.2, -0.15) is 0 Å². The maximum atomic E-state index is 12.2. The smallest absolute Gasteiger partial charge is 0.224 e. The number of nitrogens with two attached hydrogens (primary N) is 1. The molecular formula is C14H18ClN3O2. The molecule has 0 saturated carbocycles. The number of amides is 2. The van der Waals surface area contributed by atoms with E-state index in [0.29, 0.717) is 11.6 Å². The van der Waals surface area contributed by atoms with Crippen LogP contribution < -0.4 is 16.4 Å². The van der Waals surface area contributed by atoms with E-state index in [-0.39, 0.29) is 18.2 Å². The summed E-state index contributed by atoms with van der Waals surface area (Å²) in [5, 5.41) is 6.60. The molecule has 0 spiro atoms. The molecule has 6 heteroatoms. The monoisotopic (exact) mass is 295 g/mol. The maximum Gasteiger partial charge on any atom is 0.224 e. The normalized spacial score (nSPS) is 19.6. The highest BCUT2D eigenvalue weighted by molar-refractivity contribution is 6.30. The number of benzene rings is 1. The van der Waals surface area contributed by atoms with E-state index in [0.717, 1.165) is 18.5 Å². The third kappa shape index (κ3) is 3.95. The van der Waals surface area contributed by atoms with Crippen molar-refractivity contribution in [1.29, 1.82) is 0 Å². The summed E-state index contributed by atoms with van der Waals surface area (Å²) in [6.07, 6.45) is 0.872. The Kier molecular flexibility index (Phi) is 4.98. The van der Waals surface area contributed by atoms with Crippen molar-refractivity contribution >= 4 is 23.4 Å². The number of hydrogen-bond donors (Lipinski definition) is 3. The average molecular weight is 296 g/mol. The zero-order chi connectivity index (χ0) is 14.5. The van der Waals surface area contributed by atoms with Crippen LogP contribution in [-0.2, 0) is 9.59 Å². The molecular weight excluding hydrogens is 278 g/mol. The van der Waals surface area contributed by atoms with Gasteiger partial charge in [0.05, 0.1) is 18.4 Å². The van der Waals surface area contributed by atoms with Crippen molar-refractivity contribution in [2.24, 2.45) is 11.7 Å². The Morgan fingerprint density at radius 2 is 2.30 bits per heavy atom. The van der Waals surface area contributed by atoms with Crippen molar-refractivity contribution in [3.05, 3.63) is 34.9 Å². The number of carbonyl (C=O) groups excluding carboxylic acids is 2. The minimum absolute atomic E-state index is 0.0513. The second kappa shape index (κ2) is 6.72. The largest absolute Gasteiger partial charge is 0.370 e. The lowest BCUT2D eigenvalue weighted by molar-refractivity contribution is -0.125. The van der Waals surface area contributed by atoms with Gasteiger partial charge in [-0.15, -0.1) is 0 Å². The molecule has 1 aliphatic rings. The van der Waals surface area contributed by atoms with Gasteiger partial charge in [-0.25, -0.2) is 0 Å². The van der Waals surface area contributed by atoms with Gasteiger partial charge in [0, 0.05) is 11.6 Å². The Morgan fingerprint density at radius 1 is 1.50 bits per heavy atom. The van der Waals surface area contributed by atoms with Gasteiger partial charge in [0.2, 0.25) is 11.8 Å². The molecule has 0 aliphatic carbocycles. The lowest BCUT2D eigenvalue weighted by Gasteiger charge is -2.20. The summed E-state index contributed by atoms with van der Waals surface area (Å²) < 4.78 is 0. The summed E-state index contributed by atoms with van der Waals surface area (Å²) in [6, 6.07) is 6.67. The van der Waals surface area contributed by atoms with E-state index in [1.807, 2.05) is 6.07 Å². The summed E-state index contributed by atoms with van der Waals surface area (Å²) in [4.78, 5) is 23.4. The molecule has 1 aromatic carbocycles. The van der Waals surface area contributed by atoms with Crippen LogP contribution in [-0.4, -0.2) is 24.9 Å². The molecule has 2 amide bonds. The molecule has 108 valence electrons. The predicted octanol–water partition coefficient (Wildman–Crippen LogP) is 0.982. The summed E-state index contributed by atoms with van der Waals surface area (Å²) in [5.41, 5.74) is 6.05. The highest BCUT2D eigenvalue weighted by atomic mass is 35.5. The van der Waals surface area contributed by atoms with Crippen LogP contribution in [0.15, 0.2) is 24.3 Å². The molecule has 5 nitrogen and oxygen atoms in total. The Labute approximate surface area is 122 Å². The van der Waals surface area contributed by atoms with Crippen molar-refractivity contribution in [3.8, 4) is 0 Å². The highest BCUT2D eigenvalue weighted by Gasteiger charge is 2.25. The van der Waals surface area contributed by atoms with Gasteiger partial charge in [0.1, 0.15) is 0 Å². The summed E-state index contributed by atoms with van der Waals surface area (Å²) in [5.74, 6) is -0.564. The minimum Gasteiger partial charge on any atom is -0.370 e. The highest BCUT2D eigenvalue weighted by Crippen LogP contribution is 2.21. The van der Waals surface area contributed by atoms with Crippen LogP contribution in [0.25, 0.3) is 0 Å². The van der Waals surface area contributed by atoms with E-state index < -0.39 is 11.9 Å². The van der Waals surface area contributed by atoms with E-state index >= 15 is 0 Å². The van der Waals surface area contributed by atoms with Crippen LogP contribution in [0.2, 0.25) is 5.02 Å². The third-order valence-corrected chi connectivity index (χ3v) is 3.64. The first-order chi connectivity index (χ1) is 9.56. The molecule has 1 aliphatic heterocycles. The number of carbonyl (C=O) groups is 2. The number of nitrogens with one attached hydrogen (secondary N) is 2. The van der Waals surface area contributed by atoms with E-state index in [1.54, 1.807) is 18.2 Å². The molecule has 4 N–H and O–H groups in total. The first-order valence-corrected chi connectivity index (χ1v) is 6.99. The second-order valence-corrected chi connectivity index (χ2v) is 5.41. The lowest BCUT2D eigenvalue weighted by atomic mass is 10.0. The Bertz CT molecular complexity index is 501. The number of hydrogen-bond acceptors (Lipinski definition) is 3. The fraction of sp³-hybridized carbons (Fsp3) is 0.429. The quantitative estimate of drug-likeness (QED) is 0.757. The van der Waals surface area contributed by atoms with Gasteiger partial charge >= 0.3 is 0 Å². The minimum atomic E-state index is -0.458. The molecule has 1 fully saturated rings. The van der Waals surface area contributed by atoms with Crippen LogP contribution in [0.1, 0.15) is 24.4 Å². The van der Waals surface area contributed by atoms with Crippen molar-refractivity contribution in [3.63, 3.8) is 0 Å². The fourth-order valence-electron chi connectivity index (χ4n) is 2.34. The van der Waals surface area contributed by atoms with Crippen LogP contribution in [0, 0.1) is 5.92 Å². The first-order valence-electron chi connectivity index (χ1n) is 6.61. The van der Waals surface area contributed by atoms with E-state index in [1.165, 1.54) is 0 Å². The fourth-order valence-corrected chi connectivity index (χ4v) is 2.54. The standard InChI is InChI=1S/C14H18ClN3O2/c15-11-3-1-2-9(6-11)12(7-13(16)19)18-14(20)10-4-5-17-8-10/h1-3,6,10,12,17H,4-5,7-8H2,(H2,16,19)(H,18,20)/t10?,12-/m1/s1. The SMILES string of the molecule is NC(=O)C[C@@H](NC(=O)C1CCNC1)c1cccc(Cl)c1. The summed E-state index contributed by atoms with van der Waals surface area (Å²) >= 11 is 5.95. The third-order valence-electron chi connectivity index (χ3n) is 3.40. The van der Waals surface area contributed by atoms with Gasteiger partial charge in [0.15, 0.2) is 0 Å². The number of rotatable bonds is 5. The summed E-state index contributed by atoms with van der Waals surface area (Å²) in [7, 11) is 0. The molecule has 0 radical (unpaired) electrons. The molecule has 20 heavy (non-hydrogen) atoms. The molecule has 0 bridgehead atoms. The molecule has 1 unspecified atom stereocenters. The number of halogens is 1. The van der Waals surface area contributed by atoms with Gasteiger partial charge in [-0.05, 0) is 30.7 Å². The topological polar surface area (TPSA) is 84.2 Å².